The summed E-state index contributed by atoms with van der Waals surface area (Å²) in [6.07, 6.45) is 3.50. The zero-order chi connectivity index (χ0) is 18.3. The number of piperazine rings is 1. The van der Waals surface area contributed by atoms with E-state index in [0.29, 0.717) is 30.8 Å². The number of aryl methyl sites for hydroxylation is 1. The van der Waals surface area contributed by atoms with Crippen LogP contribution in [0, 0.1) is 0 Å². The van der Waals surface area contributed by atoms with Gasteiger partial charge in [0.25, 0.3) is 0 Å². The standard InChI is InChI=1S/C18H19ClN4O2S.ClH/c1-22-10-9-21-18(22)16-12-20-8-11-23(16)26(24,25)17-14-5-3-2-4-13(14)6-7-15(17)19;/h2-7,9-10,16,20H,8,11-12H2,1H3;1H. The molecular weight excluding hydrogens is 407 g/mol. The van der Waals surface area contributed by atoms with Gasteiger partial charge in [-0.15, -0.1) is 12.4 Å². The van der Waals surface area contributed by atoms with Gasteiger partial charge in [-0.05, 0) is 11.5 Å². The normalized spacial score (nSPS) is 18.4. The van der Waals surface area contributed by atoms with Crippen LogP contribution >= 0.6 is 24.0 Å². The van der Waals surface area contributed by atoms with E-state index in [1.165, 1.54) is 4.31 Å². The van der Waals surface area contributed by atoms with E-state index in [0.717, 1.165) is 5.39 Å². The van der Waals surface area contributed by atoms with E-state index >= 15 is 0 Å². The first-order chi connectivity index (χ1) is 12.5. The molecule has 3 aromatic rings. The molecular formula is C18H20Cl2N4O2S. The van der Waals surface area contributed by atoms with E-state index in [1.807, 2.05) is 42.1 Å². The molecule has 6 nitrogen and oxygen atoms in total. The lowest BCUT2D eigenvalue weighted by molar-refractivity contribution is 0.258. The van der Waals surface area contributed by atoms with Crippen LogP contribution in [0.2, 0.25) is 5.02 Å². The largest absolute Gasteiger partial charge is 0.337 e. The Morgan fingerprint density at radius 2 is 2.00 bits per heavy atom. The van der Waals surface area contributed by atoms with E-state index < -0.39 is 10.0 Å². The van der Waals surface area contributed by atoms with Crippen molar-refractivity contribution in [2.24, 2.45) is 7.05 Å². The van der Waals surface area contributed by atoms with Crippen LogP contribution in [-0.4, -0.2) is 41.9 Å². The maximum absolute atomic E-state index is 13.6. The molecule has 0 saturated carbocycles. The average Bonchev–Trinajstić information content (AvgIpc) is 3.07. The summed E-state index contributed by atoms with van der Waals surface area (Å²) in [5.41, 5.74) is 0. The topological polar surface area (TPSA) is 67.2 Å². The van der Waals surface area contributed by atoms with Crippen molar-refractivity contribution in [3.8, 4) is 0 Å². The molecule has 4 rings (SSSR count). The van der Waals surface area contributed by atoms with Gasteiger partial charge in [0.1, 0.15) is 10.7 Å². The number of rotatable bonds is 3. The van der Waals surface area contributed by atoms with Gasteiger partial charge in [-0.3, -0.25) is 0 Å². The maximum Gasteiger partial charge on any atom is 0.245 e. The van der Waals surface area contributed by atoms with E-state index in [9.17, 15) is 8.42 Å². The number of fused-ring (bicyclic) bond motifs is 1. The lowest BCUT2D eigenvalue weighted by atomic mass is 10.1. The first-order valence-corrected chi connectivity index (χ1v) is 10.2. The number of nitrogens with one attached hydrogen (secondary N) is 1. The second kappa shape index (κ2) is 7.77. The van der Waals surface area contributed by atoms with Gasteiger partial charge in [0.15, 0.2) is 0 Å². The number of imidazole rings is 1. The van der Waals surface area contributed by atoms with Crippen LogP contribution in [0.4, 0.5) is 0 Å². The van der Waals surface area contributed by atoms with E-state index in [4.69, 9.17) is 11.6 Å². The molecule has 1 aliphatic heterocycles. The first-order valence-electron chi connectivity index (χ1n) is 8.37. The third kappa shape index (κ3) is 3.46. The molecule has 1 N–H and O–H groups in total. The Hall–Kier alpha value is -1.64. The third-order valence-electron chi connectivity index (χ3n) is 4.75. The zero-order valence-corrected chi connectivity index (χ0v) is 17.1. The Bertz CT molecular complexity index is 1070. The molecule has 0 amide bonds. The predicted molar refractivity (Wildman–Crippen MR) is 109 cm³/mol. The number of benzene rings is 2. The molecule has 1 fully saturated rings. The highest BCUT2D eigenvalue weighted by atomic mass is 35.5. The Morgan fingerprint density at radius 3 is 2.74 bits per heavy atom. The van der Waals surface area contributed by atoms with E-state index in [-0.39, 0.29) is 28.4 Å². The maximum atomic E-state index is 13.6. The quantitative estimate of drug-likeness (QED) is 0.698. The van der Waals surface area contributed by atoms with Gasteiger partial charge < -0.3 is 9.88 Å². The molecule has 27 heavy (non-hydrogen) atoms. The SMILES string of the molecule is Cl.Cn1ccnc1C1CNCCN1S(=O)(=O)c1c(Cl)ccc2ccccc12. The number of hydrogen-bond acceptors (Lipinski definition) is 4. The highest BCUT2D eigenvalue weighted by molar-refractivity contribution is 7.89. The molecule has 0 bridgehead atoms. The molecule has 0 spiro atoms. The van der Waals surface area contributed by atoms with Gasteiger partial charge in [-0.25, -0.2) is 13.4 Å². The van der Waals surface area contributed by atoms with Crippen molar-refractivity contribution < 1.29 is 8.42 Å². The minimum Gasteiger partial charge on any atom is -0.337 e. The number of sulfonamides is 1. The monoisotopic (exact) mass is 426 g/mol. The van der Waals surface area contributed by atoms with Crippen molar-refractivity contribution in [2.45, 2.75) is 10.9 Å². The van der Waals surface area contributed by atoms with Crippen LogP contribution in [0.15, 0.2) is 53.7 Å². The van der Waals surface area contributed by atoms with Gasteiger partial charge in [-0.1, -0.05) is 41.9 Å². The molecule has 2 heterocycles. The molecule has 1 atom stereocenters. The molecule has 1 saturated heterocycles. The third-order valence-corrected chi connectivity index (χ3v) is 7.19. The van der Waals surface area contributed by atoms with Gasteiger partial charge in [0, 0.05) is 44.5 Å². The van der Waals surface area contributed by atoms with Crippen molar-refractivity contribution in [3.05, 3.63) is 59.6 Å². The molecule has 144 valence electrons. The molecule has 1 aliphatic rings. The minimum atomic E-state index is -3.80. The fraction of sp³-hybridized carbons (Fsp3) is 0.278. The van der Waals surface area contributed by atoms with Gasteiger partial charge in [-0.2, -0.15) is 4.31 Å². The summed E-state index contributed by atoms with van der Waals surface area (Å²) < 4.78 is 30.6. The van der Waals surface area contributed by atoms with E-state index in [1.54, 1.807) is 18.3 Å². The van der Waals surface area contributed by atoms with E-state index in [2.05, 4.69) is 10.3 Å². The van der Waals surface area contributed by atoms with Crippen LogP contribution in [0.3, 0.4) is 0 Å². The predicted octanol–water partition coefficient (Wildman–Crippen LogP) is 2.98. The van der Waals surface area contributed by atoms with Crippen molar-refractivity contribution in [3.63, 3.8) is 0 Å². The smallest absolute Gasteiger partial charge is 0.245 e. The Morgan fingerprint density at radius 1 is 1.22 bits per heavy atom. The molecule has 0 radical (unpaired) electrons. The number of hydrogen-bond donors (Lipinski definition) is 1. The summed E-state index contributed by atoms with van der Waals surface area (Å²) >= 11 is 6.37. The van der Waals surface area contributed by atoms with Crippen LogP contribution < -0.4 is 5.32 Å². The van der Waals surface area contributed by atoms with Crippen molar-refractivity contribution in [2.75, 3.05) is 19.6 Å². The second-order valence-electron chi connectivity index (χ2n) is 6.33. The summed E-state index contributed by atoms with van der Waals surface area (Å²) in [5.74, 6) is 0.706. The summed E-state index contributed by atoms with van der Waals surface area (Å²) in [6.45, 7) is 1.45. The Kier molecular flexibility index (Phi) is 5.79. The molecule has 1 aromatic heterocycles. The number of aromatic nitrogens is 2. The first kappa shape index (κ1) is 20.1. The van der Waals surface area contributed by atoms with Crippen LogP contribution in [0.25, 0.3) is 10.8 Å². The Labute approximate surface area is 169 Å². The molecule has 2 aromatic carbocycles. The summed E-state index contributed by atoms with van der Waals surface area (Å²) in [4.78, 5) is 4.53. The summed E-state index contributed by atoms with van der Waals surface area (Å²) in [6, 6.07) is 10.5. The van der Waals surface area contributed by atoms with Crippen LogP contribution in [0.5, 0.6) is 0 Å². The molecule has 1 unspecified atom stereocenters. The second-order valence-corrected chi connectivity index (χ2v) is 8.56. The summed E-state index contributed by atoms with van der Waals surface area (Å²) in [7, 11) is -1.94. The minimum absolute atomic E-state index is 0. The van der Waals surface area contributed by atoms with Crippen molar-refractivity contribution in [1.29, 1.82) is 0 Å². The lowest BCUT2D eigenvalue weighted by Crippen LogP contribution is -2.49. The fourth-order valence-electron chi connectivity index (χ4n) is 3.49. The fourth-order valence-corrected chi connectivity index (χ4v) is 5.79. The lowest BCUT2D eigenvalue weighted by Gasteiger charge is -2.35. The van der Waals surface area contributed by atoms with Gasteiger partial charge in [0.2, 0.25) is 10.0 Å². The van der Waals surface area contributed by atoms with Gasteiger partial charge >= 0.3 is 0 Å². The highest BCUT2D eigenvalue weighted by Gasteiger charge is 2.38. The summed E-state index contributed by atoms with van der Waals surface area (Å²) in [5, 5.41) is 4.98. The molecule has 9 heteroatoms. The number of halogens is 2. The van der Waals surface area contributed by atoms with Crippen molar-refractivity contribution >= 4 is 44.8 Å². The van der Waals surface area contributed by atoms with Gasteiger partial charge in [0.05, 0.1) is 11.1 Å². The van der Waals surface area contributed by atoms with Crippen LogP contribution in [0.1, 0.15) is 11.9 Å². The van der Waals surface area contributed by atoms with Crippen LogP contribution in [-0.2, 0) is 17.1 Å². The van der Waals surface area contributed by atoms with Crippen molar-refractivity contribution in [1.82, 2.24) is 19.2 Å². The zero-order valence-electron chi connectivity index (χ0n) is 14.7. The average molecular weight is 427 g/mol. The highest BCUT2D eigenvalue weighted by Crippen LogP contribution is 2.36. The Balaban J connectivity index is 0.00000210. The number of nitrogens with zero attached hydrogens (tertiary/aromatic N) is 3. The molecule has 0 aliphatic carbocycles.